The molecule has 0 aliphatic heterocycles. The molecule has 3 aromatic rings. The first-order valence-electron chi connectivity index (χ1n) is 6.77. The number of imidazole rings is 1. The van der Waals surface area contributed by atoms with Gasteiger partial charge in [-0.05, 0) is 13.0 Å². The molecule has 0 spiro atoms. The fourth-order valence-corrected chi connectivity index (χ4v) is 1.93. The monoisotopic (exact) mass is 311 g/mol. The van der Waals surface area contributed by atoms with Crippen LogP contribution < -0.4 is 10.9 Å². The second-order valence-corrected chi connectivity index (χ2v) is 4.75. The summed E-state index contributed by atoms with van der Waals surface area (Å²) in [5.74, 6) is 0.494. The van der Waals surface area contributed by atoms with E-state index >= 15 is 0 Å². The van der Waals surface area contributed by atoms with E-state index in [0.717, 1.165) is 4.68 Å². The first kappa shape index (κ1) is 14.6. The predicted molar refractivity (Wildman–Crippen MR) is 81.0 cm³/mol. The number of nitrogens with zero attached hydrogens (tertiary/aromatic N) is 6. The van der Waals surface area contributed by atoms with Crippen molar-refractivity contribution in [2.75, 3.05) is 5.32 Å². The molecule has 3 heterocycles. The lowest BCUT2D eigenvalue weighted by atomic mass is 10.4. The molecule has 3 aromatic heterocycles. The Kier molecular flexibility index (Phi) is 3.91. The molecule has 116 valence electrons. The first-order valence-corrected chi connectivity index (χ1v) is 6.77. The summed E-state index contributed by atoms with van der Waals surface area (Å²) < 4.78 is 2.78. The molecule has 1 amide bonds. The van der Waals surface area contributed by atoms with Crippen molar-refractivity contribution in [2.24, 2.45) is 0 Å². The maximum atomic E-state index is 12.1. The van der Waals surface area contributed by atoms with Gasteiger partial charge in [-0.15, -0.1) is 0 Å². The minimum atomic E-state index is -0.402. The summed E-state index contributed by atoms with van der Waals surface area (Å²) in [5.41, 5.74) is 0.314. The fourth-order valence-electron chi connectivity index (χ4n) is 1.93. The maximum absolute atomic E-state index is 12.1. The zero-order chi connectivity index (χ0) is 16.2. The number of carbonyl (C=O) groups is 1. The van der Waals surface area contributed by atoms with E-state index in [1.807, 2.05) is 0 Å². The summed E-state index contributed by atoms with van der Waals surface area (Å²) in [6.07, 6.45) is 6.27. The van der Waals surface area contributed by atoms with Crippen molar-refractivity contribution in [1.82, 2.24) is 29.3 Å². The molecular weight excluding hydrogens is 298 g/mol. The maximum Gasteiger partial charge on any atom is 0.267 e. The van der Waals surface area contributed by atoms with Gasteiger partial charge in [0, 0.05) is 24.5 Å². The smallest absolute Gasteiger partial charge is 0.267 e. The Balaban J connectivity index is 1.74. The first-order chi connectivity index (χ1) is 11.1. The molecule has 0 bridgehead atoms. The highest BCUT2D eigenvalue weighted by Gasteiger charge is 2.08. The van der Waals surface area contributed by atoms with E-state index in [-0.39, 0.29) is 12.1 Å². The SMILES string of the molecule is Cc1ccc(=O)n(CC(=O)Nc2cc(-n3ccnc3)ncn2)n1. The largest absolute Gasteiger partial charge is 0.309 e. The quantitative estimate of drug-likeness (QED) is 0.735. The second kappa shape index (κ2) is 6.18. The lowest BCUT2D eigenvalue weighted by molar-refractivity contribution is -0.117. The molecule has 0 saturated carbocycles. The Labute approximate surface area is 130 Å². The standard InChI is InChI=1S/C14H13N7O2/c1-10-2-3-14(23)21(19-10)7-13(22)18-11-6-12(17-8-16-11)20-5-4-15-9-20/h2-6,8-9H,7H2,1H3,(H,16,17,18,22). The van der Waals surface area contributed by atoms with Gasteiger partial charge in [0.15, 0.2) is 0 Å². The van der Waals surface area contributed by atoms with Crippen LogP contribution in [-0.4, -0.2) is 35.2 Å². The molecule has 0 aromatic carbocycles. The lowest BCUT2D eigenvalue weighted by Crippen LogP contribution is -2.29. The van der Waals surface area contributed by atoms with E-state index in [1.165, 1.54) is 12.4 Å². The van der Waals surface area contributed by atoms with Crippen LogP contribution in [-0.2, 0) is 11.3 Å². The minimum absolute atomic E-state index is 0.190. The Morgan fingerprint density at radius 1 is 1.30 bits per heavy atom. The number of hydrogen-bond donors (Lipinski definition) is 1. The van der Waals surface area contributed by atoms with E-state index in [4.69, 9.17) is 0 Å². The van der Waals surface area contributed by atoms with Gasteiger partial charge in [-0.3, -0.25) is 14.2 Å². The summed E-state index contributed by atoms with van der Waals surface area (Å²) in [7, 11) is 0. The molecule has 3 rings (SSSR count). The minimum Gasteiger partial charge on any atom is -0.309 e. The van der Waals surface area contributed by atoms with Crippen molar-refractivity contribution in [3.8, 4) is 5.82 Å². The highest BCUT2D eigenvalue weighted by Crippen LogP contribution is 2.08. The summed E-state index contributed by atoms with van der Waals surface area (Å²) in [5, 5.41) is 6.63. The van der Waals surface area contributed by atoms with Gasteiger partial charge < -0.3 is 5.32 Å². The van der Waals surface area contributed by atoms with Gasteiger partial charge in [0.25, 0.3) is 5.56 Å². The zero-order valence-electron chi connectivity index (χ0n) is 12.2. The third-order valence-electron chi connectivity index (χ3n) is 2.98. The molecule has 23 heavy (non-hydrogen) atoms. The Morgan fingerprint density at radius 2 is 2.17 bits per heavy atom. The van der Waals surface area contributed by atoms with Crippen LogP contribution >= 0.6 is 0 Å². The number of rotatable bonds is 4. The van der Waals surface area contributed by atoms with E-state index in [0.29, 0.717) is 17.3 Å². The molecule has 0 unspecified atom stereocenters. The lowest BCUT2D eigenvalue weighted by Gasteiger charge is -2.07. The number of carbonyl (C=O) groups excluding carboxylic acids is 1. The highest BCUT2D eigenvalue weighted by atomic mass is 16.2. The molecule has 9 heteroatoms. The highest BCUT2D eigenvalue weighted by molar-refractivity contribution is 5.89. The average molecular weight is 311 g/mol. The van der Waals surface area contributed by atoms with E-state index in [1.54, 1.807) is 42.3 Å². The van der Waals surface area contributed by atoms with Crippen LogP contribution in [0.5, 0.6) is 0 Å². The van der Waals surface area contributed by atoms with Crippen molar-refractivity contribution in [2.45, 2.75) is 13.5 Å². The molecular formula is C14H13N7O2. The number of aromatic nitrogens is 6. The third kappa shape index (κ3) is 3.46. The Morgan fingerprint density at radius 3 is 2.96 bits per heavy atom. The van der Waals surface area contributed by atoms with Crippen LogP contribution in [0.15, 0.2) is 48.0 Å². The molecule has 0 saturated heterocycles. The second-order valence-electron chi connectivity index (χ2n) is 4.75. The van der Waals surface area contributed by atoms with Crippen molar-refractivity contribution in [1.29, 1.82) is 0 Å². The van der Waals surface area contributed by atoms with E-state index < -0.39 is 5.91 Å². The molecule has 0 atom stereocenters. The van der Waals surface area contributed by atoms with Gasteiger partial charge in [-0.1, -0.05) is 0 Å². The average Bonchev–Trinajstić information content (AvgIpc) is 3.05. The van der Waals surface area contributed by atoms with Gasteiger partial charge in [-0.2, -0.15) is 5.10 Å². The molecule has 0 radical (unpaired) electrons. The summed E-state index contributed by atoms with van der Waals surface area (Å²) in [6.45, 7) is 1.56. The molecule has 9 nitrogen and oxygen atoms in total. The van der Waals surface area contributed by atoms with Gasteiger partial charge in [0.1, 0.15) is 30.8 Å². The van der Waals surface area contributed by atoms with Gasteiger partial charge in [-0.25, -0.2) is 19.6 Å². The van der Waals surface area contributed by atoms with Crippen molar-refractivity contribution in [3.63, 3.8) is 0 Å². The number of nitrogens with one attached hydrogen (secondary N) is 1. The topological polar surface area (TPSA) is 108 Å². The van der Waals surface area contributed by atoms with Gasteiger partial charge >= 0.3 is 0 Å². The third-order valence-corrected chi connectivity index (χ3v) is 2.98. The normalized spacial score (nSPS) is 10.5. The van der Waals surface area contributed by atoms with Crippen LogP contribution in [0.1, 0.15) is 5.69 Å². The van der Waals surface area contributed by atoms with Crippen LogP contribution in [0.25, 0.3) is 5.82 Å². The Bertz CT molecular complexity index is 886. The predicted octanol–water partition coefficient (Wildman–Crippen LogP) is 0.166. The number of anilines is 1. The summed E-state index contributed by atoms with van der Waals surface area (Å²) in [6, 6.07) is 4.57. The molecule has 0 aliphatic carbocycles. The van der Waals surface area contributed by atoms with Crippen LogP contribution in [0, 0.1) is 6.92 Å². The van der Waals surface area contributed by atoms with Crippen LogP contribution in [0.4, 0.5) is 5.82 Å². The zero-order valence-corrected chi connectivity index (χ0v) is 12.2. The van der Waals surface area contributed by atoms with Gasteiger partial charge in [0.05, 0.1) is 5.69 Å². The van der Waals surface area contributed by atoms with Crippen LogP contribution in [0.2, 0.25) is 0 Å². The fraction of sp³-hybridized carbons (Fsp3) is 0.143. The number of amides is 1. The van der Waals surface area contributed by atoms with Crippen LogP contribution in [0.3, 0.4) is 0 Å². The van der Waals surface area contributed by atoms with E-state index in [2.05, 4.69) is 25.4 Å². The van der Waals surface area contributed by atoms with Gasteiger partial charge in [0.2, 0.25) is 5.91 Å². The number of hydrogen-bond acceptors (Lipinski definition) is 6. The van der Waals surface area contributed by atoms with Crippen molar-refractivity contribution in [3.05, 3.63) is 59.3 Å². The molecule has 0 aliphatic rings. The molecule has 1 N–H and O–H groups in total. The number of aryl methyl sites for hydroxylation is 1. The van der Waals surface area contributed by atoms with Crippen molar-refractivity contribution < 1.29 is 4.79 Å². The molecule has 0 fully saturated rings. The van der Waals surface area contributed by atoms with E-state index in [9.17, 15) is 9.59 Å². The van der Waals surface area contributed by atoms with Crippen molar-refractivity contribution >= 4 is 11.7 Å². The summed E-state index contributed by atoms with van der Waals surface area (Å²) >= 11 is 0. The Hall–Kier alpha value is -3.36. The summed E-state index contributed by atoms with van der Waals surface area (Å²) in [4.78, 5) is 35.7.